The van der Waals surface area contributed by atoms with Crippen LogP contribution >= 0.6 is 15.9 Å². The maximum absolute atomic E-state index is 12.5. The van der Waals surface area contributed by atoms with E-state index >= 15 is 0 Å². The predicted octanol–water partition coefficient (Wildman–Crippen LogP) is 3.99. The standard InChI is InChI=1S/C18H20BrN3O2/c1-11-13(3)24-18(16(11)9-20)21-17(23)12(2)22(4)10-14-5-7-15(19)8-6-14/h5-8,12H,10H2,1-4H3,(H,21,23). The Morgan fingerprint density at radius 2 is 2.00 bits per heavy atom. The SMILES string of the molecule is Cc1oc(NC(=O)C(C)N(C)Cc2ccc(Br)cc2)c(C#N)c1C. The van der Waals surface area contributed by atoms with Crippen LogP contribution in [0.1, 0.15) is 29.4 Å². The van der Waals surface area contributed by atoms with Crippen molar-refractivity contribution >= 4 is 27.7 Å². The van der Waals surface area contributed by atoms with E-state index in [0.717, 1.165) is 15.6 Å². The Labute approximate surface area is 150 Å². The molecule has 0 bridgehead atoms. The Bertz CT molecular complexity index is 775. The minimum Gasteiger partial charge on any atom is -0.444 e. The molecular weight excluding hydrogens is 370 g/mol. The normalized spacial score (nSPS) is 12.0. The van der Waals surface area contributed by atoms with Crippen LogP contribution < -0.4 is 5.32 Å². The molecule has 1 atom stereocenters. The summed E-state index contributed by atoms with van der Waals surface area (Å²) in [4.78, 5) is 14.4. The number of nitrogens with zero attached hydrogens (tertiary/aromatic N) is 2. The molecule has 1 aromatic carbocycles. The first-order valence-electron chi connectivity index (χ1n) is 7.59. The van der Waals surface area contributed by atoms with Crippen molar-refractivity contribution in [2.24, 2.45) is 0 Å². The number of furan rings is 1. The second-order valence-electron chi connectivity index (χ2n) is 5.81. The lowest BCUT2D eigenvalue weighted by Gasteiger charge is -2.23. The van der Waals surface area contributed by atoms with Crippen molar-refractivity contribution in [3.05, 3.63) is 51.2 Å². The first kappa shape index (κ1) is 18.2. The summed E-state index contributed by atoms with van der Waals surface area (Å²) in [5.74, 6) is 0.652. The van der Waals surface area contributed by atoms with Crippen LogP contribution in [0.5, 0.6) is 0 Å². The van der Waals surface area contributed by atoms with Crippen LogP contribution in [0.4, 0.5) is 5.88 Å². The summed E-state index contributed by atoms with van der Waals surface area (Å²) in [6.45, 7) is 6.04. The molecule has 1 amide bonds. The summed E-state index contributed by atoms with van der Waals surface area (Å²) in [5, 5.41) is 11.9. The van der Waals surface area contributed by atoms with Gasteiger partial charge in [-0.1, -0.05) is 28.1 Å². The van der Waals surface area contributed by atoms with Gasteiger partial charge in [0, 0.05) is 16.6 Å². The number of likely N-dealkylation sites (N-methyl/N-ethyl adjacent to an activating group) is 1. The number of anilines is 1. The first-order valence-corrected chi connectivity index (χ1v) is 8.38. The molecule has 1 aromatic heterocycles. The van der Waals surface area contributed by atoms with Gasteiger partial charge in [-0.05, 0) is 45.5 Å². The number of rotatable bonds is 5. The second-order valence-corrected chi connectivity index (χ2v) is 6.72. The van der Waals surface area contributed by atoms with Crippen molar-refractivity contribution in [3.63, 3.8) is 0 Å². The number of carbonyl (C=O) groups is 1. The Kier molecular flexibility index (Phi) is 5.81. The summed E-state index contributed by atoms with van der Waals surface area (Å²) >= 11 is 3.41. The third-order valence-electron chi connectivity index (χ3n) is 4.12. The second kappa shape index (κ2) is 7.65. The molecule has 1 N–H and O–H groups in total. The van der Waals surface area contributed by atoms with Gasteiger partial charge >= 0.3 is 0 Å². The molecule has 1 unspecified atom stereocenters. The average Bonchev–Trinajstić information content (AvgIpc) is 2.82. The Morgan fingerprint density at radius 1 is 1.38 bits per heavy atom. The van der Waals surface area contributed by atoms with Gasteiger partial charge in [0.15, 0.2) is 0 Å². The highest BCUT2D eigenvalue weighted by molar-refractivity contribution is 9.10. The fraction of sp³-hybridized carbons (Fsp3) is 0.333. The quantitative estimate of drug-likeness (QED) is 0.838. The molecular formula is C18H20BrN3O2. The van der Waals surface area contributed by atoms with Crippen LogP contribution in [-0.2, 0) is 11.3 Å². The Morgan fingerprint density at radius 3 is 2.58 bits per heavy atom. The van der Waals surface area contributed by atoms with Crippen LogP contribution in [0.15, 0.2) is 33.2 Å². The maximum atomic E-state index is 12.5. The van der Waals surface area contributed by atoms with Gasteiger partial charge in [-0.2, -0.15) is 5.26 Å². The molecule has 0 aliphatic rings. The molecule has 6 heteroatoms. The fourth-order valence-electron chi connectivity index (χ4n) is 2.28. The lowest BCUT2D eigenvalue weighted by Crippen LogP contribution is -2.39. The zero-order valence-corrected chi connectivity index (χ0v) is 15.8. The molecule has 24 heavy (non-hydrogen) atoms. The lowest BCUT2D eigenvalue weighted by atomic mass is 10.1. The van der Waals surface area contributed by atoms with E-state index in [9.17, 15) is 10.1 Å². The number of nitrogens with one attached hydrogen (secondary N) is 1. The summed E-state index contributed by atoms with van der Waals surface area (Å²) in [6.07, 6.45) is 0. The van der Waals surface area contributed by atoms with Crippen LogP contribution in [-0.4, -0.2) is 23.9 Å². The van der Waals surface area contributed by atoms with E-state index < -0.39 is 0 Å². The summed E-state index contributed by atoms with van der Waals surface area (Å²) in [7, 11) is 1.89. The van der Waals surface area contributed by atoms with E-state index in [-0.39, 0.29) is 17.8 Å². The third-order valence-corrected chi connectivity index (χ3v) is 4.65. The maximum Gasteiger partial charge on any atom is 0.243 e. The highest BCUT2D eigenvalue weighted by Gasteiger charge is 2.22. The highest BCUT2D eigenvalue weighted by Crippen LogP contribution is 2.25. The monoisotopic (exact) mass is 389 g/mol. The lowest BCUT2D eigenvalue weighted by molar-refractivity contribution is -0.120. The fourth-order valence-corrected chi connectivity index (χ4v) is 2.55. The number of benzene rings is 1. The van der Waals surface area contributed by atoms with Crippen molar-refractivity contribution in [3.8, 4) is 6.07 Å². The van der Waals surface area contributed by atoms with Crippen molar-refractivity contribution in [2.75, 3.05) is 12.4 Å². The molecule has 0 saturated carbocycles. The molecule has 0 aliphatic heterocycles. The number of hydrogen-bond donors (Lipinski definition) is 1. The van der Waals surface area contributed by atoms with Crippen LogP contribution in [0.25, 0.3) is 0 Å². The van der Waals surface area contributed by atoms with Gasteiger partial charge in [0.25, 0.3) is 0 Å². The predicted molar refractivity (Wildman–Crippen MR) is 96.6 cm³/mol. The van der Waals surface area contributed by atoms with E-state index in [1.54, 1.807) is 13.8 Å². The van der Waals surface area contributed by atoms with Gasteiger partial charge < -0.3 is 4.42 Å². The van der Waals surface area contributed by atoms with Gasteiger partial charge in [0.05, 0.1) is 6.04 Å². The molecule has 0 aliphatic carbocycles. The van der Waals surface area contributed by atoms with E-state index in [0.29, 0.717) is 17.9 Å². The van der Waals surface area contributed by atoms with Crippen LogP contribution in [0.3, 0.4) is 0 Å². The Balaban J connectivity index is 2.05. The van der Waals surface area contributed by atoms with Crippen LogP contribution in [0.2, 0.25) is 0 Å². The molecule has 2 aromatic rings. The number of nitriles is 1. The largest absolute Gasteiger partial charge is 0.444 e. The van der Waals surface area contributed by atoms with E-state index in [2.05, 4.69) is 27.3 Å². The number of amides is 1. The number of carbonyl (C=O) groups excluding carboxylic acids is 1. The van der Waals surface area contributed by atoms with Gasteiger partial charge in [0.2, 0.25) is 11.8 Å². The van der Waals surface area contributed by atoms with E-state index in [4.69, 9.17) is 4.42 Å². The molecule has 1 heterocycles. The molecule has 0 saturated heterocycles. The third kappa shape index (κ3) is 4.05. The van der Waals surface area contributed by atoms with Gasteiger partial charge in [-0.15, -0.1) is 0 Å². The first-order chi connectivity index (χ1) is 11.3. The minimum atomic E-state index is -0.370. The van der Waals surface area contributed by atoms with E-state index in [1.165, 1.54) is 0 Å². The zero-order valence-electron chi connectivity index (χ0n) is 14.2. The number of halogens is 1. The molecule has 5 nitrogen and oxygen atoms in total. The average molecular weight is 390 g/mol. The summed E-state index contributed by atoms with van der Waals surface area (Å²) in [6, 6.07) is 9.68. The minimum absolute atomic E-state index is 0.208. The Hall–Kier alpha value is -2.10. The highest BCUT2D eigenvalue weighted by atomic mass is 79.9. The van der Waals surface area contributed by atoms with Crippen molar-refractivity contribution in [1.82, 2.24) is 4.90 Å². The van der Waals surface area contributed by atoms with E-state index in [1.807, 2.05) is 43.1 Å². The summed E-state index contributed by atoms with van der Waals surface area (Å²) < 4.78 is 6.51. The van der Waals surface area contributed by atoms with Gasteiger partial charge in [-0.25, -0.2) is 0 Å². The molecule has 0 spiro atoms. The van der Waals surface area contributed by atoms with Gasteiger partial charge in [0.1, 0.15) is 17.4 Å². The van der Waals surface area contributed by atoms with Gasteiger partial charge in [-0.3, -0.25) is 15.0 Å². The molecule has 2 rings (SSSR count). The van der Waals surface area contributed by atoms with Crippen molar-refractivity contribution in [1.29, 1.82) is 5.26 Å². The summed E-state index contributed by atoms with van der Waals surface area (Å²) in [5.41, 5.74) is 2.25. The zero-order chi connectivity index (χ0) is 17.9. The number of hydrogen-bond acceptors (Lipinski definition) is 4. The molecule has 0 radical (unpaired) electrons. The number of aryl methyl sites for hydroxylation is 1. The molecule has 0 fully saturated rings. The van der Waals surface area contributed by atoms with Crippen molar-refractivity contribution in [2.45, 2.75) is 33.4 Å². The topological polar surface area (TPSA) is 69.3 Å². The van der Waals surface area contributed by atoms with Crippen molar-refractivity contribution < 1.29 is 9.21 Å². The smallest absolute Gasteiger partial charge is 0.243 e. The molecule has 126 valence electrons. The van der Waals surface area contributed by atoms with Crippen LogP contribution in [0, 0.1) is 25.2 Å².